The lowest BCUT2D eigenvalue weighted by Gasteiger charge is -2.14. The van der Waals surface area contributed by atoms with Gasteiger partial charge < -0.3 is 14.8 Å². The van der Waals surface area contributed by atoms with Crippen LogP contribution < -0.4 is 14.8 Å². The van der Waals surface area contributed by atoms with Crippen molar-refractivity contribution in [3.05, 3.63) is 111 Å². The topological polar surface area (TPSA) is 71.3 Å². The van der Waals surface area contributed by atoms with Gasteiger partial charge in [-0.2, -0.15) is 5.26 Å². The van der Waals surface area contributed by atoms with Gasteiger partial charge in [0.2, 0.25) is 0 Å². The first-order chi connectivity index (χ1) is 17.1. The SMILES string of the molecule is COc1cc(/C=C(/C#N)C(=O)NCc2ccccc2)cc(I)c1OCc1ccc2ccccc2c1. The molecule has 4 rings (SSSR count). The quantitative estimate of drug-likeness (QED) is 0.153. The highest BCUT2D eigenvalue weighted by Gasteiger charge is 2.14. The predicted octanol–water partition coefficient (Wildman–Crippen LogP) is 6.26. The summed E-state index contributed by atoms with van der Waals surface area (Å²) in [6.45, 7) is 0.735. The van der Waals surface area contributed by atoms with Gasteiger partial charge in [-0.15, -0.1) is 0 Å². The van der Waals surface area contributed by atoms with Crippen molar-refractivity contribution in [3.8, 4) is 17.6 Å². The highest BCUT2D eigenvalue weighted by atomic mass is 127. The van der Waals surface area contributed by atoms with Crippen LogP contribution in [0.25, 0.3) is 16.8 Å². The van der Waals surface area contributed by atoms with Crippen LogP contribution >= 0.6 is 22.6 Å². The maximum atomic E-state index is 12.6. The third-order valence-electron chi connectivity index (χ3n) is 5.42. The Balaban J connectivity index is 1.50. The largest absolute Gasteiger partial charge is 0.493 e. The molecule has 5 nitrogen and oxygen atoms in total. The summed E-state index contributed by atoms with van der Waals surface area (Å²) in [7, 11) is 1.57. The molecule has 4 aromatic rings. The number of halogens is 1. The number of ether oxygens (including phenoxy) is 2. The fourth-order valence-electron chi connectivity index (χ4n) is 3.64. The van der Waals surface area contributed by atoms with E-state index in [0.29, 0.717) is 30.2 Å². The van der Waals surface area contributed by atoms with Gasteiger partial charge in [0.1, 0.15) is 18.2 Å². The lowest BCUT2D eigenvalue weighted by Crippen LogP contribution is -2.23. The Morgan fingerprint density at radius 3 is 2.46 bits per heavy atom. The summed E-state index contributed by atoms with van der Waals surface area (Å²) in [6.07, 6.45) is 1.55. The van der Waals surface area contributed by atoms with Crippen molar-refractivity contribution in [2.45, 2.75) is 13.2 Å². The van der Waals surface area contributed by atoms with Crippen molar-refractivity contribution in [2.75, 3.05) is 7.11 Å². The molecule has 6 heteroatoms. The second-order valence-corrected chi connectivity index (χ2v) is 9.00. The van der Waals surface area contributed by atoms with E-state index in [1.807, 2.05) is 60.7 Å². The molecule has 174 valence electrons. The highest BCUT2D eigenvalue weighted by Crippen LogP contribution is 2.35. The normalized spacial score (nSPS) is 11.1. The molecule has 0 aliphatic rings. The van der Waals surface area contributed by atoms with E-state index in [4.69, 9.17) is 9.47 Å². The molecule has 1 N–H and O–H groups in total. The molecule has 0 radical (unpaired) electrons. The Bertz CT molecular complexity index is 1430. The first-order valence-corrected chi connectivity index (χ1v) is 12.1. The van der Waals surface area contributed by atoms with Crippen molar-refractivity contribution < 1.29 is 14.3 Å². The lowest BCUT2D eigenvalue weighted by molar-refractivity contribution is -0.117. The number of hydrogen-bond donors (Lipinski definition) is 1. The number of rotatable bonds is 8. The molecule has 0 atom stereocenters. The van der Waals surface area contributed by atoms with Crippen molar-refractivity contribution in [1.29, 1.82) is 5.26 Å². The minimum atomic E-state index is -0.429. The third kappa shape index (κ3) is 6.19. The number of nitrogens with one attached hydrogen (secondary N) is 1. The standard InChI is InChI=1S/C29H23IN2O3/c1-34-27-16-22(14-25(17-31)29(33)32-18-20-7-3-2-4-8-20)15-26(30)28(27)35-19-21-11-12-23-9-5-6-10-24(23)13-21/h2-16H,18-19H2,1H3,(H,32,33)/b25-14-. The number of methoxy groups -OCH3 is 1. The minimum absolute atomic E-state index is 0.0172. The highest BCUT2D eigenvalue weighted by molar-refractivity contribution is 14.1. The summed E-state index contributed by atoms with van der Waals surface area (Å²) >= 11 is 2.17. The Kier molecular flexibility index (Phi) is 8.01. The van der Waals surface area contributed by atoms with Gasteiger partial charge in [-0.1, -0.05) is 66.7 Å². The molecule has 0 heterocycles. The monoisotopic (exact) mass is 574 g/mol. The van der Waals surface area contributed by atoms with Crippen LogP contribution in [-0.4, -0.2) is 13.0 Å². The average molecular weight is 574 g/mol. The molecular formula is C29H23IN2O3. The molecule has 35 heavy (non-hydrogen) atoms. The van der Waals surface area contributed by atoms with Crippen molar-refractivity contribution in [1.82, 2.24) is 5.32 Å². The zero-order valence-electron chi connectivity index (χ0n) is 19.1. The number of nitriles is 1. The van der Waals surface area contributed by atoms with E-state index in [9.17, 15) is 10.1 Å². The van der Waals surface area contributed by atoms with Gasteiger partial charge in [0, 0.05) is 6.54 Å². The molecule has 0 fully saturated rings. The number of amides is 1. The van der Waals surface area contributed by atoms with Crippen molar-refractivity contribution in [2.24, 2.45) is 0 Å². The maximum Gasteiger partial charge on any atom is 0.262 e. The molecule has 0 aliphatic carbocycles. The molecule has 0 aliphatic heterocycles. The number of nitrogens with zero attached hydrogens (tertiary/aromatic N) is 1. The fraction of sp³-hybridized carbons (Fsp3) is 0.103. The number of fused-ring (bicyclic) bond motifs is 1. The van der Waals surface area contributed by atoms with Crippen LogP contribution in [0.3, 0.4) is 0 Å². The van der Waals surface area contributed by atoms with Crippen LogP contribution in [0, 0.1) is 14.9 Å². The van der Waals surface area contributed by atoms with Gasteiger partial charge in [-0.05, 0) is 74.3 Å². The number of hydrogen-bond acceptors (Lipinski definition) is 4. The number of carbonyl (C=O) groups excluding carboxylic acids is 1. The molecule has 0 aromatic heterocycles. The fourth-order valence-corrected chi connectivity index (χ4v) is 4.42. The smallest absolute Gasteiger partial charge is 0.262 e. The van der Waals surface area contributed by atoms with Crippen LogP contribution in [0.15, 0.2) is 90.5 Å². The summed E-state index contributed by atoms with van der Waals surface area (Å²) < 4.78 is 12.5. The van der Waals surface area contributed by atoms with E-state index in [2.05, 4.69) is 52.2 Å². The second-order valence-electron chi connectivity index (χ2n) is 7.84. The lowest BCUT2D eigenvalue weighted by atomic mass is 10.1. The average Bonchev–Trinajstić information content (AvgIpc) is 2.89. The Labute approximate surface area is 218 Å². The van der Waals surface area contributed by atoms with Crippen LogP contribution in [0.1, 0.15) is 16.7 Å². The Morgan fingerprint density at radius 1 is 0.971 bits per heavy atom. The van der Waals surface area contributed by atoms with Gasteiger partial charge in [0.05, 0.1) is 10.7 Å². The molecule has 0 unspecified atom stereocenters. The van der Waals surface area contributed by atoms with Crippen molar-refractivity contribution >= 4 is 45.3 Å². The molecule has 0 saturated heterocycles. The van der Waals surface area contributed by atoms with Crippen LogP contribution in [0.2, 0.25) is 0 Å². The molecule has 0 bridgehead atoms. The third-order valence-corrected chi connectivity index (χ3v) is 6.22. The summed E-state index contributed by atoms with van der Waals surface area (Å²) in [5, 5.41) is 14.7. The molecule has 0 spiro atoms. The van der Waals surface area contributed by atoms with Gasteiger partial charge in [0.15, 0.2) is 11.5 Å². The minimum Gasteiger partial charge on any atom is -0.493 e. The van der Waals surface area contributed by atoms with E-state index >= 15 is 0 Å². The molecular weight excluding hydrogens is 551 g/mol. The number of benzene rings is 4. The number of carbonyl (C=O) groups is 1. The van der Waals surface area contributed by atoms with Gasteiger partial charge >= 0.3 is 0 Å². The molecule has 0 saturated carbocycles. The molecule has 1 amide bonds. The Morgan fingerprint density at radius 2 is 1.71 bits per heavy atom. The van der Waals surface area contributed by atoms with Gasteiger partial charge in [-0.25, -0.2) is 0 Å². The zero-order chi connectivity index (χ0) is 24.6. The summed E-state index contributed by atoms with van der Waals surface area (Å²) in [5.41, 5.74) is 2.70. The first-order valence-electron chi connectivity index (χ1n) is 11.0. The van der Waals surface area contributed by atoms with Crippen LogP contribution in [0.5, 0.6) is 11.5 Å². The Hall–Kier alpha value is -3.83. The van der Waals surface area contributed by atoms with E-state index in [1.165, 1.54) is 5.39 Å². The maximum absolute atomic E-state index is 12.6. The van der Waals surface area contributed by atoms with E-state index in [0.717, 1.165) is 20.1 Å². The van der Waals surface area contributed by atoms with Gasteiger partial charge in [-0.3, -0.25) is 4.79 Å². The van der Waals surface area contributed by atoms with Crippen molar-refractivity contribution in [3.63, 3.8) is 0 Å². The summed E-state index contributed by atoms with van der Waals surface area (Å²) in [4.78, 5) is 12.6. The zero-order valence-corrected chi connectivity index (χ0v) is 21.3. The second kappa shape index (κ2) is 11.5. The summed E-state index contributed by atoms with van der Waals surface area (Å²) in [5.74, 6) is 0.721. The van der Waals surface area contributed by atoms with Crippen LogP contribution in [-0.2, 0) is 17.9 Å². The van der Waals surface area contributed by atoms with E-state index in [-0.39, 0.29) is 5.57 Å². The first kappa shape index (κ1) is 24.3. The molecule has 4 aromatic carbocycles. The van der Waals surface area contributed by atoms with Crippen LogP contribution in [0.4, 0.5) is 0 Å². The van der Waals surface area contributed by atoms with E-state index < -0.39 is 5.91 Å². The summed E-state index contributed by atoms with van der Waals surface area (Å²) in [6, 6.07) is 29.6. The van der Waals surface area contributed by atoms with E-state index in [1.54, 1.807) is 19.3 Å². The van der Waals surface area contributed by atoms with Gasteiger partial charge in [0.25, 0.3) is 5.91 Å². The predicted molar refractivity (Wildman–Crippen MR) is 146 cm³/mol.